The average molecular weight is 1110 g/mol. The first-order valence-electron chi connectivity index (χ1n) is 32.4. The van der Waals surface area contributed by atoms with E-state index in [-0.39, 0.29) is 19.4 Å². The van der Waals surface area contributed by atoms with Crippen LogP contribution in [-0.4, -0.2) is 99.6 Å². The summed E-state index contributed by atoms with van der Waals surface area (Å²) in [6.45, 7) is 5.65. The zero-order chi connectivity index (χ0) is 57.5. The van der Waals surface area contributed by atoms with Gasteiger partial charge in [-0.2, -0.15) is 0 Å². The van der Waals surface area contributed by atoms with Gasteiger partial charge in [-0.15, -0.1) is 0 Å². The Bertz CT molecular complexity index is 1610. The normalized spacial score (nSPS) is 19.4. The SMILES string of the molecule is CC/C=C\C/C=C\C/C=C\C/C=C\C/C=C\CCCCCCCCCCCCC(O)C(=O)NC(COC1OC(CO)C(O)C(O)C1OC(=O)CCCCC/C=C\CCCCCCCC)C(O)/C=C/CCCCCCCCCCC. The van der Waals surface area contributed by atoms with E-state index in [4.69, 9.17) is 14.2 Å². The predicted octanol–water partition coefficient (Wildman–Crippen LogP) is 15.7. The van der Waals surface area contributed by atoms with Crippen molar-refractivity contribution in [3.8, 4) is 0 Å². The molecule has 1 fully saturated rings. The summed E-state index contributed by atoms with van der Waals surface area (Å²) in [6.07, 6.45) is 62.0. The summed E-state index contributed by atoms with van der Waals surface area (Å²) in [7, 11) is 0. The van der Waals surface area contributed by atoms with Crippen LogP contribution in [0.2, 0.25) is 0 Å². The molecule has 1 rings (SSSR count). The number of aliphatic hydroxyl groups excluding tert-OH is 5. The van der Waals surface area contributed by atoms with Crippen LogP contribution < -0.4 is 5.32 Å². The van der Waals surface area contributed by atoms with Gasteiger partial charge in [-0.25, -0.2) is 0 Å². The van der Waals surface area contributed by atoms with E-state index in [2.05, 4.69) is 99.0 Å². The van der Waals surface area contributed by atoms with Crippen molar-refractivity contribution in [2.45, 2.75) is 320 Å². The molecule has 11 heteroatoms. The number of esters is 1. The summed E-state index contributed by atoms with van der Waals surface area (Å²) >= 11 is 0. The maximum Gasteiger partial charge on any atom is 0.306 e. The van der Waals surface area contributed by atoms with E-state index in [1.807, 2.05) is 6.08 Å². The Labute approximate surface area is 483 Å². The maximum absolute atomic E-state index is 13.4. The smallest absolute Gasteiger partial charge is 0.306 e. The van der Waals surface area contributed by atoms with Gasteiger partial charge in [-0.3, -0.25) is 9.59 Å². The van der Waals surface area contributed by atoms with E-state index >= 15 is 0 Å². The van der Waals surface area contributed by atoms with Crippen molar-refractivity contribution in [1.82, 2.24) is 5.32 Å². The molecule has 0 saturated carbocycles. The van der Waals surface area contributed by atoms with Gasteiger partial charge in [0.05, 0.1) is 25.4 Å². The van der Waals surface area contributed by atoms with Crippen LogP contribution >= 0.6 is 0 Å². The highest BCUT2D eigenvalue weighted by Gasteiger charge is 2.47. The molecule has 79 heavy (non-hydrogen) atoms. The molecule has 8 unspecified atom stereocenters. The van der Waals surface area contributed by atoms with Crippen molar-refractivity contribution in [2.75, 3.05) is 13.2 Å². The van der Waals surface area contributed by atoms with Crippen LogP contribution in [0.4, 0.5) is 0 Å². The number of hydrogen-bond donors (Lipinski definition) is 6. The second-order valence-corrected chi connectivity index (χ2v) is 22.1. The Hall–Kier alpha value is -3.16. The standard InChI is InChI=1S/C68H119NO10/c1-4-7-10-13-16-19-22-24-25-26-27-28-29-30-31-32-33-34-35-36-38-40-43-46-49-52-55-61(72)67(76)69-59(60(71)54-51-48-45-42-39-21-18-15-12-9-6-3)58-77-68-66(65(75)64(74)62(57-70)78-68)79-63(73)56-53-50-47-44-41-37-23-20-17-14-11-8-5-2/h7,10,16,19,24-25,27-28,30-31,37,41,51,54,59-62,64-66,68,70-72,74-75H,4-6,8-9,11-15,17-18,20-23,26,29,32-36,38-40,42-50,52-53,55-58H2,1-3H3,(H,69,76)/b10-7-,19-16-,25-24-,28-27-,31-30-,41-37-,54-51+. The third-order valence-electron chi connectivity index (χ3n) is 14.8. The van der Waals surface area contributed by atoms with E-state index in [1.165, 1.54) is 122 Å². The molecule has 1 saturated heterocycles. The Balaban J connectivity index is 2.59. The topological polar surface area (TPSA) is 175 Å². The molecule has 1 amide bonds. The van der Waals surface area contributed by atoms with Crippen molar-refractivity contribution in [1.29, 1.82) is 0 Å². The lowest BCUT2D eigenvalue weighted by atomic mass is 9.99. The first-order chi connectivity index (χ1) is 38.7. The first kappa shape index (κ1) is 73.9. The quantitative estimate of drug-likeness (QED) is 0.0195. The number of ether oxygens (including phenoxy) is 3. The molecule has 1 aliphatic heterocycles. The van der Waals surface area contributed by atoms with Crippen LogP contribution in [0.15, 0.2) is 85.1 Å². The number of hydrogen-bond acceptors (Lipinski definition) is 10. The molecule has 0 aliphatic carbocycles. The highest BCUT2D eigenvalue weighted by atomic mass is 16.7. The minimum absolute atomic E-state index is 0.101. The fourth-order valence-electron chi connectivity index (χ4n) is 9.67. The zero-order valence-electron chi connectivity index (χ0n) is 50.5. The largest absolute Gasteiger partial charge is 0.454 e. The lowest BCUT2D eigenvalue weighted by Crippen LogP contribution is -2.61. The lowest BCUT2D eigenvalue weighted by Gasteiger charge is -2.41. The molecule has 6 N–H and O–H groups in total. The number of aliphatic hydroxyl groups is 5. The molecule has 1 heterocycles. The number of nitrogens with one attached hydrogen (secondary N) is 1. The number of allylic oxidation sites excluding steroid dienone is 13. The Kier molecular flexibility index (Phi) is 51.8. The second kappa shape index (κ2) is 55.4. The predicted molar refractivity (Wildman–Crippen MR) is 329 cm³/mol. The highest BCUT2D eigenvalue weighted by molar-refractivity contribution is 5.80. The van der Waals surface area contributed by atoms with Gasteiger partial charge in [-0.05, 0) is 96.3 Å². The minimum Gasteiger partial charge on any atom is -0.454 e. The molecule has 0 spiro atoms. The van der Waals surface area contributed by atoms with Crippen molar-refractivity contribution in [3.05, 3.63) is 85.1 Å². The van der Waals surface area contributed by atoms with Crippen molar-refractivity contribution < 1.29 is 49.3 Å². The van der Waals surface area contributed by atoms with E-state index in [1.54, 1.807) is 6.08 Å². The number of carbonyl (C=O) groups excluding carboxylic acids is 2. The summed E-state index contributed by atoms with van der Waals surface area (Å²) < 4.78 is 17.6. The molecule has 0 aromatic heterocycles. The molecule has 8 atom stereocenters. The summed E-state index contributed by atoms with van der Waals surface area (Å²) in [5, 5.41) is 57.0. The molecule has 0 radical (unpaired) electrons. The molecule has 0 aromatic rings. The molecular weight excluding hydrogens is 991 g/mol. The fraction of sp³-hybridized carbons (Fsp3) is 0.765. The monoisotopic (exact) mass is 1110 g/mol. The molecular formula is C68H119NO10. The van der Waals surface area contributed by atoms with Crippen LogP contribution in [0.5, 0.6) is 0 Å². The Morgan fingerprint density at radius 2 is 0.911 bits per heavy atom. The zero-order valence-corrected chi connectivity index (χ0v) is 50.5. The van der Waals surface area contributed by atoms with Gasteiger partial charge in [0.1, 0.15) is 24.4 Å². The van der Waals surface area contributed by atoms with Crippen molar-refractivity contribution >= 4 is 11.9 Å². The second-order valence-electron chi connectivity index (χ2n) is 22.1. The van der Waals surface area contributed by atoms with Gasteiger partial charge in [-0.1, -0.05) is 254 Å². The Morgan fingerprint density at radius 1 is 0.506 bits per heavy atom. The van der Waals surface area contributed by atoms with Gasteiger partial charge >= 0.3 is 5.97 Å². The summed E-state index contributed by atoms with van der Waals surface area (Å²) in [4.78, 5) is 26.5. The van der Waals surface area contributed by atoms with Gasteiger partial charge in [0.2, 0.25) is 5.91 Å². The van der Waals surface area contributed by atoms with E-state index in [0.29, 0.717) is 12.8 Å². The summed E-state index contributed by atoms with van der Waals surface area (Å²) in [6, 6.07) is -1.03. The molecule has 11 nitrogen and oxygen atoms in total. The van der Waals surface area contributed by atoms with E-state index < -0.39 is 67.4 Å². The Morgan fingerprint density at radius 3 is 1.38 bits per heavy atom. The van der Waals surface area contributed by atoms with Crippen LogP contribution in [0, 0.1) is 0 Å². The van der Waals surface area contributed by atoms with Crippen molar-refractivity contribution in [3.63, 3.8) is 0 Å². The minimum atomic E-state index is -1.62. The van der Waals surface area contributed by atoms with E-state index in [0.717, 1.165) is 103 Å². The third kappa shape index (κ3) is 43.2. The van der Waals surface area contributed by atoms with Crippen LogP contribution in [0.3, 0.4) is 0 Å². The van der Waals surface area contributed by atoms with Gasteiger partial charge in [0.25, 0.3) is 0 Å². The average Bonchev–Trinajstić information content (AvgIpc) is 3.44. The van der Waals surface area contributed by atoms with E-state index in [9.17, 15) is 35.1 Å². The van der Waals surface area contributed by atoms with Crippen LogP contribution in [-0.2, 0) is 23.8 Å². The fourth-order valence-corrected chi connectivity index (χ4v) is 9.67. The number of rotatable bonds is 54. The van der Waals surface area contributed by atoms with Crippen LogP contribution in [0.25, 0.3) is 0 Å². The summed E-state index contributed by atoms with van der Waals surface area (Å²) in [5.41, 5.74) is 0. The number of amides is 1. The van der Waals surface area contributed by atoms with Gasteiger partial charge in [0, 0.05) is 6.42 Å². The lowest BCUT2D eigenvalue weighted by molar-refractivity contribution is -0.305. The number of unbranched alkanes of at least 4 members (excludes halogenated alkanes) is 28. The van der Waals surface area contributed by atoms with Crippen LogP contribution in [0.1, 0.15) is 271 Å². The molecule has 1 aliphatic rings. The maximum atomic E-state index is 13.4. The van der Waals surface area contributed by atoms with Gasteiger partial charge < -0.3 is 45.1 Å². The molecule has 456 valence electrons. The van der Waals surface area contributed by atoms with Gasteiger partial charge in [0.15, 0.2) is 12.4 Å². The summed E-state index contributed by atoms with van der Waals surface area (Å²) in [5.74, 6) is -1.22. The first-order valence-corrected chi connectivity index (χ1v) is 32.4. The van der Waals surface area contributed by atoms with Crippen molar-refractivity contribution in [2.24, 2.45) is 0 Å². The molecule has 0 bridgehead atoms. The third-order valence-corrected chi connectivity index (χ3v) is 14.8. The number of carbonyl (C=O) groups is 2. The highest BCUT2D eigenvalue weighted by Crippen LogP contribution is 2.26. The molecule has 0 aromatic carbocycles.